The molecule has 1 fully saturated rings. The summed E-state index contributed by atoms with van der Waals surface area (Å²) in [5.74, 6) is 0.0601. The number of carbonyl (C=O) groups is 1. The predicted molar refractivity (Wildman–Crippen MR) is 126 cm³/mol. The molecule has 31 heavy (non-hydrogen) atoms. The lowest BCUT2D eigenvalue weighted by Crippen LogP contribution is -2.45. The summed E-state index contributed by atoms with van der Waals surface area (Å²) in [6.07, 6.45) is 0. The summed E-state index contributed by atoms with van der Waals surface area (Å²) in [5, 5.41) is 0. The van der Waals surface area contributed by atoms with Crippen LogP contribution in [0.3, 0.4) is 0 Å². The summed E-state index contributed by atoms with van der Waals surface area (Å²) >= 11 is 0. The second-order valence-corrected chi connectivity index (χ2v) is 8.38. The van der Waals surface area contributed by atoms with Gasteiger partial charge in [-0.15, -0.1) is 0 Å². The van der Waals surface area contributed by atoms with Gasteiger partial charge in [0.05, 0.1) is 0 Å². The number of amides is 1. The van der Waals surface area contributed by atoms with Gasteiger partial charge in [0.1, 0.15) is 0 Å². The van der Waals surface area contributed by atoms with Gasteiger partial charge in [-0.2, -0.15) is 0 Å². The van der Waals surface area contributed by atoms with Crippen LogP contribution in [0.15, 0.2) is 84.9 Å². The predicted octanol–water partition coefficient (Wildman–Crippen LogP) is 4.28. The van der Waals surface area contributed by atoms with Crippen molar-refractivity contribution >= 4 is 5.91 Å². The van der Waals surface area contributed by atoms with Crippen LogP contribution in [0.4, 0.5) is 0 Å². The van der Waals surface area contributed by atoms with Gasteiger partial charge in [0.25, 0.3) is 5.91 Å². The van der Waals surface area contributed by atoms with Crippen LogP contribution < -0.4 is 0 Å². The monoisotopic (exact) mass is 413 g/mol. The van der Waals surface area contributed by atoms with Crippen LogP contribution in [0.2, 0.25) is 0 Å². The molecule has 0 saturated carbocycles. The fourth-order valence-electron chi connectivity index (χ4n) is 4.11. The van der Waals surface area contributed by atoms with E-state index in [1.54, 1.807) is 4.90 Å². The molecule has 0 spiro atoms. The normalized spacial score (nSPS) is 15.0. The van der Waals surface area contributed by atoms with Gasteiger partial charge in [-0.25, -0.2) is 0 Å². The molecule has 4 nitrogen and oxygen atoms in total. The minimum absolute atomic E-state index is 0.0601. The zero-order chi connectivity index (χ0) is 21.5. The molecule has 160 valence electrons. The molecule has 1 saturated heterocycles. The first-order chi connectivity index (χ1) is 15.2. The molecular weight excluding hydrogens is 382 g/mol. The van der Waals surface area contributed by atoms with E-state index in [0.29, 0.717) is 6.54 Å². The third-order valence-electron chi connectivity index (χ3n) is 5.93. The minimum Gasteiger partial charge on any atom is -0.337 e. The van der Waals surface area contributed by atoms with Crippen molar-refractivity contribution in [3.8, 4) is 0 Å². The Bertz CT molecular complexity index is 949. The van der Waals surface area contributed by atoms with E-state index < -0.39 is 0 Å². The topological polar surface area (TPSA) is 26.8 Å². The Kier molecular flexibility index (Phi) is 7.13. The van der Waals surface area contributed by atoms with E-state index in [4.69, 9.17) is 0 Å². The molecule has 3 aromatic rings. The van der Waals surface area contributed by atoms with Crippen LogP contribution in [0.25, 0.3) is 0 Å². The van der Waals surface area contributed by atoms with Gasteiger partial charge in [0.15, 0.2) is 0 Å². The molecule has 1 amide bonds. The number of hydrogen-bond donors (Lipinski definition) is 0. The molecule has 1 aliphatic heterocycles. The van der Waals surface area contributed by atoms with E-state index in [9.17, 15) is 4.79 Å². The summed E-state index contributed by atoms with van der Waals surface area (Å²) in [7, 11) is 1.86. The maximum absolute atomic E-state index is 12.7. The van der Waals surface area contributed by atoms with Crippen LogP contribution in [-0.4, -0.2) is 53.8 Å². The fourth-order valence-corrected chi connectivity index (χ4v) is 4.11. The summed E-state index contributed by atoms with van der Waals surface area (Å²) in [6.45, 7) is 6.93. The highest BCUT2D eigenvalue weighted by Gasteiger charge is 2.17. The van der Waals surface area contributed by atoms with Gasteiger partial charge < -0.3 is 4.90 Å². The molecule has 3 aromatic carbocycles. The molecular formula is C27H31N3O. The van der Waals surface area contributed by atoms with E-state index in [1.807, 2.05) is 49.5 Å². The van der Waals surface area contributed by atoms with E-state index in [2.05, 4.69) is 52.3 Å². The second kappa shape index (κ2) is 10.4. The van der Waals surface area contributed by atoms with Gasteiger partial charge in [-0.1, -0.05) is 72.8 Å². The first-order valence-electron chi connectivity index (χ1n) is 11.0. The first kappa shape index (κ1) is 21.3. The van der Waals surface area contributed by atoms with Gasteiger partial charge in [-0.3, -0.25) is 14.6 Å². The smallest absolute Gasteiger partial charge is 0.253 e. The highest BCUT2D eigenvalue weighted by Crippen LogP contribution is 2.14. The van der Waals surface area contributed by atoms with Crippen LogP contribution in [-0.2, 0) is 19.6 Å². The Morgan fingerprint density at radius 1 is 0.677 bits per heavy atom. The molecule has 1 aliphatic rings. The summed E-state index contributed by atoms with van der Waals surface area (Å²) in [6, 6.07) is 28.9. The maximum atomic E-state index is 12.7. The van der Waals surface area contributed by atoms with E-state index in [-0.39, 0.29) is 5.91 Å². The minimum atomic E-state index is 0.0601. The average Bonchev–Trinajstić information content (AvgIpc) is 2.82. The van der Waals surface area contributed by atoms with Crippen LogP contribution in [0, 0.1) is 0 Å². The lowest BCUT2D eigenvalue weighted by Gasteiger charge is -2.34. The first-order valence-corrected chi connectivity index (χ1v) is 11.0. The van der Waals surface area contributed by atoms with E-state index in [0.717, 1.165) is 50.4 Å². The molecule has 4 rings (SSSR count). The zero-order valence-corrected chi connectivity index (χ0v) is 18.3. The van der Waals surface area contributed by atoms with Crippen molar-refractivity contribution in [3.05, 3.63) is 107 Å². The molecule has 0 aliphatic carbocycles. The third-order valence-corrected chi connectivity index (χ3v) is 5.93. The number of benzene rings is 3. The van der Waals surface area contributed by atoms with Crippen molar-refractivity contribution in [2.75, 3.05) is 33.2 Å². The van der Waals surface area contributed by atoms with Crippen molar-refractivity contribution < 1.29 is 4.79 Å². The molecule has 0 radical (unpaired) electrons. The number of carbonyl (C=O) groups excluding carboxylic acids is 1. The number of hydrogen-bond acceptors (Lipinski definition) is 3. The van der Waals surface area contributed by atoms with Crippen molar-refractivity contribution in [3.63, 3.8) is 0 Å². The third kappa shape index (κ3) is 6.03. The maximum Gasteiger partial charge on any atom is 0.253 e. The van der Waals surface area contributed by atoms with Crippen LogP contribution in [0.5, 0.6) is 0 Å². The number of piperazine rings is 1. The van der Waals surface area contributed by atoms with E-state index in [1.165, 1.54) is 11.1 Å². The van der Waals surface area contributed by atoms with Crippen molar-refractivity contribution in [2.45, 2.75) is 19.6 Å². The molecule has 0 N–H and O–H groups in total. The highest BCUT2D eigenvalue weighted by molar-refractivity contribution is 5.94. The Morgan fingerprint density at radius 3 is 1.65 bits per heavy atom. The second-order valence-electron chi connectivity index (χ2n) is 8.38. The summed E-state index contributed by atoms with van der Waals surface area (Å²) < 4.78 is 0. The van der Waals surface area contributed by atoms with Gasteiger partial charge in [0.2, 0.25) is 0 Å². The van der Waals surface area contributed by atoms with Crippen molar-refractivity contribution in [1.29, 1.82) is 0 Å². The molecule has 0 aromatic heterocycles. The summed E-state index contributed by atoms with van der Waals surface area (Å²) in [4.78, 5) is 19.5. The SMILES string of the molecule is CN(Cc1ccccc1)C(=O)c1ccc(CN2CCN(Cc3ccccc3)CC2)cc1. The largest absolute Gasteiger partial charge is 0.337 e. The van der Waals surface area contributed by atoms with Crippen LogP contribution >= 0.6 is 0 Å². The quantitative estimate of drug-likeness (QED) is 0.579. The Balaban J connectivity index is 1.25. The Morgan fingerprint density at radius 2 is 1.13 bits per heavy atom. The molecule has 1 heterocycles. The highest BCUT2D eigenvalue weighted by atomic mass is 16.2. The number of rotatable bonds is 7. The number of nitrogens with zero attached hydrogens (tertiary/aromatic N) is 3. The molecule has 0 unspecified atom stereocenters. The van der Waals surface area contributed by atoms with Crippen molar-refractivity contribution in [2.24, 2.45) is 0 Å². The Labute approximate surface area is 185 Å². The van der Waals surface area contributed by atoms with E-state index >= 15 is 0 Å². The van der Waals surface area contributed by atoms with Gasteiger partial charge >= 0.3 is 0 Å². The van der Waals surface area contributed by atoms with Crippen molar-refractivity contribution in [1.82, 2.24) is 14.7 Å². The Hall–Kier alpha value is -2.95. The lowest BCUT2D eigenvalue weighted by molar-refractivity contribution is 0.0785. The zero-order valence-electron chi connectivity index (χ0n) is 18.3. The average molecular weight is 414 g/mol. The fraction of sp³-hybridized carbons (Fsp3) is 0.296. The molecule has 0 atom stereocenters. The van der Waals surface area contributed by atoms with Gasteiger partial charge in [0, 0.05) is 58.4 Å². The summed E-state index contributed by atoms with van der Waals surface area (Å²) in [5.41, 5.74) is 4.53. The van der Waals surface area contributed by atoms with Crippen LogP contribution in [0.1, 0.15) is 27.0 Å². The van der Waals surface area contributed by atoms with Gasteiger partial charge in [-0.05, 0) is 28.8 Å². The molecule has 4 heteroatoms. The lowest BCUT2D eigenvalue weighted by atomic mass is 10.1. The standard InChI is InChI=1S/C27H31N3O/c1-28(20-23-8-4-2-5-9-23)27(31)26-14-12-25(13-15-26)22-30-18-16-29(17-19-30)21-24-10-6-3-7-11-24/h2-15H,16-22H2,1H3. The molecule has 0 bridgehead atoms.